The molecule has 0 radical (unpaired) electrons. The van der Waals surface area contributed by atoms with Gasteiger partial charge in [0.1, 0.15) is 0 Å². The molecule has 2 nitrogen and oxygen atoms in total. The van der Waals surface area contributed by atoms with Crippen molar-refractivity contribution in [1.29, 1.82) is 0 Å². The Hall–Kier alpha value is -0.670. The second-order valence-corrected chi connectivity index (χ2v) is 4.53. The average Bonchev–Trinajstić information content (AvgIpc) is 2.30. The maximum Gasteiger partial charge on any atom is 0.165 e. The number of carbonyl (C=O) groups excluding carboxylic acids is 1. The Morgan fingerprint density at radius 3 is 2.44 bits per heavy atom. The van der Waals surface area contributed by atoms with Gasteiger partial charge in [0, 0.05) is 23.0 Å². The number of hydrogen-bond donors (Lipinski definition) is 0. The Morgan fingerprint density at radius 2 is 1.88 bits per heavy atom. The van der Waals surface area contributed by atoms with Crippen molar-refractivity contribution >= 4 is 21.7 Å². The third kappa shape index (κ3) is 3.72. The molecule has 0 heterocycles. The molecule has 1 rings (SSSR count). The molecule has 0 unspecified atom stereocenters. The molecular weight excluding hydrogens is 266 g/mol. The number of Topliss-reactive ketones (excluding diaryl/α,β-unsaturated/α-hetero) is 1. The summed E-state index contributed by atoms with van der Waals surface area (Å²) in [6.45, 7) is 7.07. The van der Waals surface area contributed by atoms with E-state index in [-0.39, 0.29) is 5.78 Å². The van der Waals surface area contributed by atoms with Crippen molar-refractivity contribution in [2.24, 2.45) is 0 Å². The van der Waals surface area contributed by atoms with E-state index < -0.39 is 0 Å². The lowest BCUT2D eigenvalue weighted by atomic mass is 10.1. The summed E-state index contributed by atoms with van der Waals surface area (Å²) < 4.78 is 0.888. The Balaban J connectivity index is 2.56. The number of hydrogen-bond acceptors (Lipinski definition) is 2. The summed E-state index contributed by atoms with van der Waals surface area (Å²) in [5.41, 5.74) is 0.787. The fourth-order valence-corrected chi connectivity index (χ4v) is 2.13. The van der Waals surface area contributed by atoms with E-state index in [0.29, 0.717) is 6.42 Å². The van der Waals surface area contributed by atoms with Crippen LogP contribution in [0.2, 0.25) is 0 Å². The third-order valence-electron chi connectivity index (χ3n) is 2.72. The molecule has 0 amide bonds. The Labute approximate surface area is 106 Å². The molecule has 1 aromatic rings. The van der Waals surface area contributed by atoms with Crippen LogP contribution in [0, 0.1) is 0 Å². The number of benzene rings is 1. The maximum absolute atomic E-state index is 11.9. The highest BCUT2D eigenvalue weighted by Gasteiger charge is 2.10. The van der Waals surface area contributed by atoms with E-state index in [1.807, 2.05) is 24.3 Å². The molecule has 0 aromatic heterocycles. The Bertz CT molecular complexity index is 348. The Morgan fingerprint density at radius 1 is 1.25 bits per heavy atom. The zero-order chi connectivity index (χ0) is 12.0. The first-order valence-corrected chi connectivity index (χ1v) is 6.48. The number of carbonyl (C=O) groups is 1. The zero-order valence-electron chi connectivity index (χ0n) is 9.87. The van der Waals surface area contributed by atoms with Crippen LogP contribution in [0.5, 0.6) is 0 Å². The van der Waals surface area contributed by atoms with Gasteiger partial charge in [-0.2, -0.15) is 0 Å². The van der Waals surface area contributed by atoms with Gasteiger partial charge >= 0.3 is 0 Å². The van der Waals surface area contributed by atoms with Gasteiger partial charge in [0.2, 0.25) is 0 Å². The highest BCUT2D eigenvalue weighted by atomic mass is 79.9. The molecule has 3 heteroatoms. The van der Waals surface area contributed by atoms with E-state index in [4.69, 9.17) is 0 Å². The summed E-state index contributed by atoms with van der Waals surface area (Å²) in [6, 6.07) is 7.60. The van der Waals surface area contributed by atoms with E-state index in [2.05, 4.69) is 34.7 Å². The van der Waals surface area contributed by atoms with Crippen LogP contribution in [-0.4, -0.2) is 30.3 Å². The number of ketones is 1. The molecule has 0 saturated carbocycles. The minimum absolute atomic E-state index is 0.208. The normalized spacial score (nSPS) is 10.8. The van der Waals surface area contributed by atoms with Crippen LogP contribution < -0.4 is 0 Å². The quantitative estimate of drug-likeness (QED) is 0.746. The van der Waals surface area contributed by atoms with Gasteiger partial charge in [-0.15, -0.1) is 0 Å². The molecular formula is C13H18BrNO. The molecule has 0 aliphatic carbocycles. The standard InChI is InChI=1S/C13H18BrNO/c1-3-15(4-2)10-9-13(16)11-7-5-6-8-12(11)14/h5-8H,3-4,9-10H2,1-2H3. The minimum atomic E-state index is 0.208. The predicted molar refractivity (Wildman–Crippen MR) is 70.9 cm³/mol. The molecule has 0 atom stereocenters. The second-order valence-electron chi connectivity index (χ2n) is 3.68. The van der Waals surface area contributed by atoms with Gasteiger partial charge in [-0.1, -0.05) is 48.0 Å². The number of halogens is 1. The molecule has 0 fully saturated rings. The van der Waals surface area contributed by atoms with Gasteiger partial charge < -0.3 is 4.90 Å². The molecule has 0 N–H and O–H groups in total. The van der Waals surface area contributed by atoms with Gasteiger partial charge in [-0.25, -0.2) is 0 Å². The lowest BCUT2D eigenvalue weighted by Crippen LogP contribution is -2.25. The SMILES string of the molecule is CCN(CC)CCC(=O)c1ccccc1Br. The predicted octanol–water partition coefficient (Wildman–Crippen LogP) is 3.36. The first kappa shape index (κ1) is 13.4. The molecule has 0 spiro atoms. The van der Waals surface area contributed by atoms with Gasteiger partial charge in [0.25, 0.3) is 0 Å². The van der Waals surface area contributed by atoms with Crippen LogP contribution in [-0.2, 0) is 0 Å². The summed E-state index contributed by atoms with van der Waals surface area (Å²) in [5, 5.41) is 0. The fraction of sp³-hybridized carbons (Fsp3) is 0.462. The van der Waals surface area contributed by atoms with Gasteiger partial charge in [0.15, 0.2) is 5.78 Å². The van der Waals surface area contributed by atoms with E-state index in [9.17, 15) is 4.79 Å². The summed E-state index contributed by atoms with van der Waals surface area (Å²) in [6.07, 6.45) is 0.588. The lowest BCUT2D eigenvalue weighted by Gasteiger charge is -2.17. The van der Waals surface area contributed by atoms with Crippen LogP contribution in [0.3, 0.4) is 0 Å². The first-order chi connectivity index (χ1) is 7.69. The monoisotopic (exact) mass is 283 g/mol. The highest BCUT2D eigenvalue weighted by Crippen LogP contribution is 2.17. The van der Waals surface area contributed by atoms with Crippen LogP contribution in [0.15, 0.2) is 28.7 Å². The van der Waals surface area contributed by atoms with Crippen molar-refractivity contribution in [2.45, 2.75) is 20.3 Å². The molecule has 88 valence electrons. The molecule has 16 heavy (non-hydrogen) atoms. The van der Waals surface area contributed by atoms with E-state index in [1.165, 1.54) is 0 Å². The molecule has 0 aliphatic heterocycles. The smallest absolute Gasteiger partial charge is 0.165 e. The van der Waals surface area contributed by atoms with Crippen molar-refractivity contribution in [3.8, 4) is 0 Å². The van der Waals surface area contributed by atoms with Crippen LogP contribution in [0.25, 0.3) is 0 Å². The third-order valence-corrected chi connectivity index (χ3v) is 3.42. The van der Waals surface area contributed by atoms with Crippen molar-refractivity contribution in [3.63, 3.8) is 0 Å². The Kier molecular flexibility index (Phi) is 5.71. The van der Waals surface area contributed by atoms with E-state index in [0.717, 1.165) is 29.7 Å². The minimum Gasteiger partial charge on any atom is -0.303 e. The van der Waals surface area contributed by atoms with E-state index in [1.54, 1.807) is 0 Å². The van der Waals surface area contributed by atoms with Crippen molar-refractivity contribution in [3.05, 3.63) is 34.3 Å². The maximum atomic E-state index is 11.9. The molecule has 0 aliphatic rings. The summed E-state index contributed by atoms with van der Waals surface area (Å²) in [4.78, 5) is 14.2. The number of rotatable bonds is 6. The number of nitrogens with zero attached hydrogens (tertiary/aromatic N) is 1. The lowest BCUT2D eigenvalue weighted by molar-refractivity contribution is 0.0966. The second kappa shape index (κ2) is 6.81. The summed E-state index contributed by atoms with van der Waals surface area (Å²) in [5.74, 6) is 0.208. The van der Waals surface area contributed by atoms with Gasteiger partial charge in [-0.05, 0) is 19.2 Å². The zero-order valence-corrected chi connectivity index (χ0v) is 11.5. The van der Waals surface area contributed by atoms with Crippen LogP contribution in [0.4, 0.5) is 0 Å². The van der Waals surface area contributed by atoms with Crippen LogP contribution in [0.1, 0.15) is 30.6 Å². The van der Waals surface area contributed by atoms with Crippen molar-refractivity contribution in [2.75, 3.05) is 19.6 Å². The summed E-state index contributed by atoms with van der Waals surface area (Å²) >= 11 is 3.40. The largest absolute Gasteiger partial charge is 0.303 e. The van der Waals surface area contributed by atoms with Gasteiger partial charge in [0.05, 0.1) is 0 Å². The molecule has 0 bridgehead atoms. The van der Waals surface area contributed by atoms with Gasteiger partial charge in [-0.3, -0.25) is 4.79 Å². The molecule has 0 saturated heterocycles. The highest BCUT2D eigenvalue weighted by molar-refractivity contribution is 9.10. The molecule has 1 aromatic carbocycles. The average molecular weight is 284 g/mol. The van der Waals surface area contributed by atoms with E-state index >= 15 is 0 Å². The van der Waals surface area contributed by atoms with Crippen molar-refractivity contribution in [1.82, 2.24) is 4.90 Å². The fourth-order valence-electron chi connectivity index (χ4n) is 1.62. The summed E-state index contributed by atoms with van der Waals surface area (Å²) in [7, 11) is 0. The first-order valence-electron chi connectivity index (χ1n) is 5.69. The van der Waals surface area contributed by atoms with Crippen molar-refractivity contribution < 1.29 is 4.79 Å². The van der Waals surface area contributed by atoms with Crippen LogP contribution >= 0.6 is 15.9 Å². The topological polar surface area (TPSA) is 20.3 Å².